The van der Waals surface area contributed by atoms with Gasteiger partial charge < -0.3 is 9.32 Å². The van der Waals surface area contributed by atoms with Gasteiger partial charge in [-0.3, -0.25) is 0 Å². The number of likely N-dealkylation sites (tertiary alicyclic amines) is 1. The lowest BCUT2D eigenvalue weighted by Crippen LogP contribution is -2.41. The van der Waals surface area contributed by atoms with Gasteiger partial charge in [-0.25, -0.2) is 9.37 Å². The van der Waals surface area contributed by atoms with Gasteiger partial charge in [0.2, 0.25) is 11.6 Å². The van der Waals surface area contributed by atoms with Crippen molar-refractivity contribution in [2.24, 2.45) is 0 Å². The number of piperidine rings is 1. The average molecular weight is 298 g/mol. The Hall–Kier alpha value is -3.00. The molecule has 7 nitrogen and oxygen atoms in total. The number of alkyl halides is 1. The van der Waals surface area contributed by atoms with Gasteiger partial charge >= 0.3 is 0 Å². The Balaban J connectivity index is 1.90. The highest BCUT2D eigenvalue weighted by molar-refractivity contribution is 5.53. The van der Waals surface area contributed by atoms with Gasteiger partial charge in [0.1, 0.15) is 11.8 Å². The summed E-state index contributed by atoms with van der Waals surface area (Å²) in [5.41, 5.74) is -1.12. The molecule has 0 radical (unpaired) electrons. The van der Waals surface area contributed by atoms with E-state index in [4.69, 9.17) is 14.9 Å². The number of rotatable bonds is 2. The molecule has 1 aliphatic rings. The second-order valence-corrected chi connectivity index (χ2v) is 5.04. The Morgan fingerprint density at radius 2 is 2.23 bits per heavy atom. The van der Waals surface area contributed by atoms with E-state index in [0.29, 0.717) is 18.5 Å². The number of hydrogen-bond acceptors (Lipinski definition) is 7. The van der Waals surface area contributed by atoms with E-state index < -0.39 is 5.67 Å². The van der Waals surface area contributed by atoms with E-state index in [-0.39, 0.29) is 30.4 Å². The highest BCUT2D eigenvalue weighted by Gasteiger charge is 2.42. The van der Waals surface area contributed by atoms with Crippen LogP contribution in [0.25, 0.3) is 11.5 Å². The Kier molecular flexibility index (Phi) is 3.43. The Morgan fingerprint density at radius 3 is 3.00 bits per heavy atom. The van der Waals surface area contributed by atoms with Crippen LogP contribution in [0.4, 0.5) is 4.39 Å². The molecule has 0 aliphatic carbocycles. The van der Waals surface area contributed by atoms with Gasteiger partial charge in [-0.1, -0.05) is 0 Å². The highest BCUT2D eigenvalue weighted by Crippen LogP contribution is 2.35. The van der Waals surface area contributed by atoms with Crippen molar-refractivity contribution in [1.29, 1.82) is 10.5 Å². The number of nitrogens with zero attached hydrogens (tertiary/aromatic N) is 6. The highest BCUT2D eigenvalue weighted by atomic mass is 19.1. The molecule has 2 aromatic rings. The lowest BCUT2D eigenvalue weighted by molar-refractivity contribution is 0.0439. The summed E-state index contributed by atoms with van der Waals surface area (Å²) in [6.07, 6.45) is 4.15. The van der Waals surface area contributed by atoms with Crippen LogP contribution in [-0.2, 0) is 5.67 Å². The molecule has 8 heteroatoms. The van der Waals surface area contributed by atoms with Crippen molar-refractivity contribution in [1.82, 2.24) is 20.1 Å². The minimum atomic E-state index is -1.83. The molecule has 0 bridgehead atoms. The van der Waals surface area contributed by atoms with E-state index in [1.54, 1.807) is 6.07 Å². The fourth-order valence-electron chi connectivity index (χ4n) is 2.42. The third-order valence-electron chi connectivity index (χ3n) is 3.51. The predicted octanol–water partition coefficient (Wildman–Crippen LogP) is 1.74. The van der Waals surface area contributed by atoms with Gasteiger partial charge in [0.05, 0.1) is 6.54 Å². The zero-order chi connectivity index (χ0) is 15.6. The van der Waals surface area contributed by atoms with Crippen molar-refractivity contribution in [3.05, 3.63) is 29.9 Å². The summed E-state index contributed by atoms with van der Waals surface area (Å²) in [6.45, 7) is 0.434. The molecule has 0 saturated carbocycles. The van der Waals surface area contributed by atoms with Gasteiger partial charge in [-0.05, 0) is 25.0 Å². The van der Waals surface area contributed by atoms with Gasteiger partial charge in [0.15, 0.2) is 6.19 Å². The first-order chi connectivity index (χ1) is 10.6. The minimum absolute atomic E-state index is 0.0923. The summed E-state index contributed by atoms with van der Waals surface area (Å²) in [6, 6.07) is 5.00. The standard InChI is InChI=1S/C14H11FN6O/c15-14(3-1-5-21(8-14)9-17)13-20-19-12(22-13)10-2-4-18-11(6-10)7-16/h2,4,6H,1,3,5,8H2. The van der Waals surface area contributed by atoms with Crippen LogP contribution >= 0.6 is 0 Å². The number of pyridine rings is 1. The molecule has 1 atom stereocenters. The zero-order valence-electron chi connectivity index (χ0n) is 11.5. The predicted molar refractivity (Wildman–Crippen MR) is 71.5 cm³/mol. The van der Waals surface area contributed by atoms with Crippen molar-refractivity contribution in [2.75, 3.05) is 13.1 Å². The molecule has 22 heavy (non-hydrogen) atoms. The lowest BCUT2D eigenvalue weighted by atomic mass is 9.95. The maximum atomic E-state index is 15.0. The van der Waals surface area contributed by atoms with E-state index in [1.807, 2.05) is 12.3 Å². The summed E-state index contributed by atoms with van der Waals surface area (Å²) in [5.74, 6) is -0.0159. The van der Waals surface area contributed by atoms with Gasteiger partial charge in [-0.15, -0.1) is 10.2 Å². The van der Waals surface area contributed by atoms with Crippen LogP contribution in [-0.4, -0.2) is 33.2 Å². The molecule has 1 saturated heterocycles. The molecule has 0 amide bonds. The molecule has 1 fully saturated rings. The smallest absolute Gasteiger partial charge is 0.255 e. The van der Waals surface area contributed by atoms with Crippen LogP contribution in [0.2, 0.25) is 0 Å². The molecule has 1 unspecified atom stereocenters. The normalized spacial score (nSPS) is 21.1. The van der Waals surface area contributed by atoms with Crippen LogP contribution in [0.3, 0.4) is 0 Å². The van der Waals surface area contributed by atoms with Gasteiger partial charge in [0, 0.05) is 18.3 Å². The molecule has 1 aliphatic heterocycles. The van der Waals surface area contributed by atoms with Crippen LogP contribution in [0.15, 0.2) is 22.7 Å². The molecular formula is C14H11FN6O. The maximum Gasteiger partial charge on any atom is 0.255 e. The first-order valence-corrected chi connectivity index (χ1v) is 6.69. The third kappa shape index (κ3) is 2.47. The van der Waals surface area contributed by atoms with Crippen LogP contribution in [0.5, 0.6) is 0 Å². The third-order valence-corrected chi connectivity index (χ3v) is 3.51. The fourth-order valence-corrected chi connectivity index (χ4v) is 2.42. The second kappa shape index (κ2) is 5.41. The molecule has 0 spiro atoms. The molecule has 3 heterocycles. The van der Waals surface area contributed by atoms with E-state index in [0.717, 1.165) is 0 Å². The monoisotopic (exact) mass is 298 g/mol. The van der Waals surface area contributed by atoms with Crippen molar-refractivity contribution < 1.29 is 8.81 Å². The minimum Gasteiger partial charge on any atom is -0.417 e. The van der Waals surface area contributed by atoms with Crippen LogP contribution in [0.1, 0.15) is 24.4 Å². The van der Waals surface area contributed by atoms with Gasteiger partial charge in [0.25, 0.3) is 5.89 Å². The molecule has 0 N–H and O–H groups in total. The van der Waals surface area contributed by atoms with Crippen molar-refractivity contribution in [3.8, 4) is 23.7 Å². The first kappa shape index (κ1) is 14.0. The van der Waals surface area contributed by atoms with Crippen molar-refractivity contribution >= 4 is 0 Å². The number of aromatic nitrogens is 3. The summed E-state index contributed by atoms with van der Waals surface area (Å²) in [4.78, 5) is 5.19. The van der Waals surface area contributed by atoms with Crippen LogP contribution < -0.4 is 0 Å². The number of hydrogen-bond donors (Lipinski definition) is 0. The largest absolute Gasteiger partial charge is 0.417 e. The summed E-state index contributed by atoms with van der Waals surface area (Å²) < 4.78 is 20.4. The topological polar surface area (TPSA) is 103 Å². The van der Waals surface area contributed by atoms with E-state index in [1.165, 1.54) is 17.2 Å². The summed E-state index contributed by atoms with van der Waals surface area (Å²) in [5, 5.41) is 25.4. The lowest BCUT2D eigenvalue weighted by Gasteiger charge is -2.31. The fraction of sp³-hybridized carbons (Fsp3) is 0.357. The molecule has 3 rings (SSSR count). The molecule has 2 aromatic heterocycles. The number of nitriles is 2. The average Bonchev–Trinajstić information content (AvgIpc) is 3.06. The maximum absolute atomic E-state index is 15.0. The summed E-state index contributed by atoms with van der Waals surface area (Å²) >= 11 is 0. The molecular weight excluding hydrogens is 287 g/mol. The van der Waals surface area contributed by atoms with Gasteiger partial charge in [-0.2, -0.15) is 10.5 Å². The summed E-state index contributed by atoms with van der Waals surface area (Å²) in [7, 11) is 0. The Morgan fingerprint density at radius 1 is 1.36 bits per heavy atom. The van der Waals surface area contributed by atoms with E-state index >= 15 is 0 Å². The SMILES string of the molecule is N#Cc1cc(-c2nnc(C3(F)CCCN(C#N)C3)o2)ccn1. The van der Waals surface area contributed by atoms with E-state index in [9.17, 15) is 4.39 Å². The van der Waals surface area contributed by atoms with E-state index in [2.05, 4.69) is 15.2 Å². The van der Waals surface area contributed by atoms with Crippen molar-refractivity contribution in [2.45, 2.75) is 18.5 Å². The Bertz CT molecular complexity index is 776. The zero-order valence-corrected chi connectivity index (χ0v) is 11.5. The van der Waals surface area contributed by atoms with Crippen LogP contribution in [0, 0.1) is 22.8 Å². The first-order valence-electron chi connectivity index (χ1n) is 6.69. The molecule has 110 valence electrons. The quantitative estimate of drug-likeness (QED) is 0.778. The number of halogens is 1. The second-order valence-electron chi connectivity index (χ2n) is 5.04. The van der Waals surface area contributed by atoms with Crippen molar-refractivity contribution in [3.63, 3.8) is 0 Å². The molecule has 0 aromatic carbocycles. The Labute approximate surface area is 125 Å².